The van der Waals surface area contributed by atoms with Gasteiger partial charge in [-0.15, -0.1) is 0 Å². The lowest BCUT2D eigenvalue weighted by Gasteiger charge is -2.23. The molecule has 1 fully saturated rings. The van der Waals surface area contributed by atoms with Crippen LogP contribution in [0.25, 0.3) is 0 Å². The standard InChI is InChI=1S/C18H27NO4/c1-4-14-11-19(8-9-23-12-14)18(20)15-6-7-17(21-3)16(10-15)13-22-5-2/h6-7,10,14H,4-5,8-9,11-13H2,1-3H3. The molecule has 0 aliphatic carbocycles. The summed E-state index contributed by atoms with van der Waals surface area (Å²) in [5, 5.41) is 0. The van der Waals surface area contributed by atoms with Gasteiger partial charge in [0, 0.05) is 30.8 Å². The third-order valence-corrected chi connectivity index (χ3v) is 4.19. The largest absolute Gasteiger partial charge is 0.496 e. The van der Waals surface area contributed by atoms with Crippen molar-refractivity contribution in [3.05, 3.63) is 29.3 Å². The summed E-state index contributed by atoms with van der Waals surface area (Å²) in [6.07, 6.45) is 1.02. The average molecular weight is 321 g/mol. The summed E-state index contributed by atoms with van der Waals surface area (Å²) >= 11 is 0. The van der Waals surface area contributed by atoms with Crippen LogP contribution in [0.15, 0.2) is 18.2 Å². The van der Waals surface area contributed by atoms with Crippen LogP contribution in [-0.2, 0) is 16.1 Å². The number of methoxy groups -OCH3 is 1. The van der Waals surface area contributed by atoms with Crippen molar-refractivity contribution in [3.8, 4) is 5.75 Å². The summed E-state index contributed by atoms with van der Waals surface area (Å²) < 4.78 is 16.4. The normalized spacial score (nSPS) is 18.6. The van der Waals surface area contributed by atoms with Crippen LogP contribution in [0, 0.1) is 5.92 Å². The molecule has 0 aromatic heterocycles. The molecule has 1 aromatic rings. The number of hydrogen-bond donors (Lipinski definition) is 0. The van der Waals surface area contributed by atoms with Crippen molar-refractivity contribution >= 4 is 5.91 Å². The lowest BCUT2D eigenvalue weighted by Crippen LogP contribution is -2.35. The topological polar surface area (TPSA) is 48.0 Å². The number of benzene rings is 1. The van der Waals surface area contributed by atoms with Crippen molar-refractivity contribution in [1.82, 2.24) is 4.90 Å². The fourth-order valence-electron chi connectivity index (χ4n) is 2.73. The van der Waals surface area contributed by atoms with Crippen LogP contribution in [0.5, 0.6) is 5.75 Å². The van der Waals surface area contributed by atoms with Gasteiger partial charge in [-0.1, -0.05) is 6.92 Å². The van der Waals surface area contributed by atoms with E-state index in [2.05, 4.69) is 6.92 Å². The van der Waals surface area contributed by atoms with Gasteiger partial charge < -0.3 is 19.1 Å². The molecule has 0 N–H and O–H groups in total. The van der Waals surface area contributed by atoms with Gasteiger partial charge in [0.1, 0.15) is 5.75 Å². The fourth-order valence-corrected chi connectivity index (χ4v) is 2.73. The first-order chi connectivity index (χ1) is 11.2. The molecule has 1 amide bonds. The van der Waals surface area contributed by atoms with E-state index in [0.717, 1.165) is 30.9 Å². The maximum atomic E-state index is 12.8. The summed E-state index contributed by atoms with van der Waals surface area (Å²) in [6, 6.07) is 5.54. The molecular weight excluding hydrogens is 294 g/mol. The van der Waals surface area contributed by atoms with Crippen molar-refractivity contribution in [2.75, 3.05) is 40.0 Å². The first kappa shape index (κ1) is 17.8. The van der Waals surface area contributed by atoms with Gasteiger partial charge in [-0.25, -0.2) is 0 Å². The number of hydrogen-bond acceptors (Lipinski definition) is 4. The smallest absolute Gasteiger partial charge is 0.253 e. The van der Waals surface area contributed by atoms with Crippen molar-refractivity contribution in [3.63, 3.8) is 0 Å². The molecule has 0 saturated carbocycles. The summed E-state index contributed by atoms with van der Waals surface area (Å²) in [4.78, 5) is 14.7. The van der Waals surface area contributed by atoms with Crippen LogP contribution < -0.4 is 4.74 Å². The lowest BCUT2D eigenvalue weighted by molar-refractivity contribution is 0.0736. The number of ether oxygens (including phenoxy) is 3. The molecule has 1 unspecified atom stereocenters. The third-order valence-electron chi connectivity index (χ3n) is 4.19. The average Bonchev–Trinajstić information content (AvgIpc) is 2.84. The Hall–Kier alpha value is -1.59. The Morgan fingerprint density at radius 2 is 2.22 bits per heavy atom. The van der Waals surface area contributed by atoms with Crippen LogP contribution in [0.3, 0.4) is 0 Å². The van der Waals surface area contributed by atoms with Gasteiger partial charge in [0.05, 0.1) is 26.9 Å². The maximum absolute atomic E-state index is 12.8. The van der Waals surface area contributed by atoms with Gasteiger partial charge >= 0.3 is 0 Å². The Kier molecular flexibility index (Phi) is 6.86. The van der Waals surface area contributed by atoms with Crippen LogP contribution in [0.2, 0.25) is 0 Å². The van der Waals surface area contributed by atoms with E-state index in [-0.39, 0.29) is 5.91 Å². The van der Waals surface area contributed by atoms with Gasteiger partial charge in [0.25, 0.3) is 5.91 Å². The molecule has 1 atom stereocenters. The Morgan fingerprint density at radius 1 is 1.39 bits per heavy atom. The summed E-state index contributed by atoms with van der Waals surface area (Å²) in [5.74, 6) is 1.21. The fraction of sp³-hybridized carbons (Fsp3) is 0.611. The zero-order chi connectivity index (χ0) is 16.7. The minimum absolute atomic E-state index is 0.0503. The van der Waals surface area contributed by atoms with E-state index in [1.54, 1.807) is 7.11 Å². The molecule has 1 saturated heterocycles. The van der Waals surface area contributed by atoms with E-state index >= 15 is 0 Å². The van der Waals surface area contributed by atoms with Crippen LogP contribution in [-0.4, -0.2) is 50.8 Å². The van der Waals surface area contributed by atoms with Gasteiger partial charge in [-0.2, -0.15) is 0 Å². The highest BCUT2D eigenvalue weighted by Gasteiger charge is 2.23. The molecule has 1 aliphatic rings. The van der Waals surface area contributed by atoms with Gasteiger partial charge in [0.15, 0.2) is 0 Å². The quantitative estimate of drug-likeness (QED) is 0.808. The van der Waals surface area contributed by atoms with Gasteiger partial charge in [0.2, 0.25) is 0 Å². The van der Waals surface area contributed by atoms with E-state index in [1.165, 1.54) is 0 Å². The minimum Gasteiger partial charge on any atom is -0.496 e. The van der Waals surface area contributed by atoms with E-state index in [1.807, 2.05) is 30.0 Å². The van der Waals surface area contributed by atoms with Crippen LogP contribution in [0.1, 0.15) is 36.2 Å². The van der Waals surface area contributed by atoms with Crippen LogP contribution >= 0.6 is 0 Å². The molecule has 1 aliphatic heterocycles. The number of amides is 1. The Morgan fingerprint density at radius 3 is 2.91 bits per heavy atom. The molecule has 1 heterocycles. The molecule has 2 rings (SSSR count). The van der Waals surface area contributed by atoms with E-state index in [9.17, 15) is 4.79 Å². The van der Waals surface area contributed by atoms with E-state index in [4.69, 9.17) is 14.2 Å². The molecule has 1 aromatic carbocycles. The second-order valence-electron chi connectivity index (χ2n) is 5.76. The van der Waals surface area contributed by atoms with Crippen LogP contribution in [0.4, 0.5) is 0 Å². The van der Waals surface area contributed by atoms with E-state index < -0.39 is 0 Å². The van der Waals surface area contributed by atoms with Crippen molar-refractivity contribution in [2.45, 2.75) is 26.9 Å². The molecule has 0 radical (unpaired) electrons. The van der Waals surface area contributed by atoms with Gasteiger partial charge in [-0.3, -0.25) is 4.79 Å². The highest BCUT2D eigenvalue weighted by atomic mass is 16.5. The number of rotatable bonds is 6. The number of carbonyl (C=O) groups excluding carboxylic acids is 1. The zero-order valence-electron chi connectivity index (χ0n) is 14.3. The molecule has 0 spiro atoms. The summed E-state index contributed by atoms with van der Waals surface area (Å²) in [6.45, 7) is 7.89. The molecule has 0 bridgehead atoms. The Balaban J connectivity index is 2.17. The maximum Gasteiger partial charge on any atom is 0.253 e. The predicted octanol–water partition coefficient (Wildman–Crippen LogP) is 2.73. The molecule has 23 heavy (non-hydrogen) atoms. The minimum atomic E-state index is 0.0503. The lowest BCUT2D eigenvalue weighted by atomic mass is 10.1. The Labute approximate surface area is 138 Å². The zero-order valence-corrected chi connectivity index (χ0v) is 14.3. The molecular formula is C18H27NO4. The highest BCUT2D eigenvalue weighted by molar-refractivity contribution is 5.94. The molecule has 5 nitrogen and oxygen atoms in total. The second kappa shape index (κ2) is 8.89. The first-order valence-electron chi connectivity index (χ1n) is 8.31. The monoisotopic (exact) mass is 321 g/mol. The SMILES string of the molecule is CCOCc1cc(C(=O)N2CCOCC(CC)C2)ccc1OC. The van der Waals surface area contributed by atoms with E-state index in [0.29, 0.717) is 37.8 Å². The second-order valence-corrected chi connectivity index (χ2v) is 5.76. The summed E-state index contributed by atoms with van der Waals surface area (Å²) in [7, 11) is 1.63. The third kappa shape index (κ3) is 4.69. The number of carbonyl (C=O) groups is 1. The first-order valence-corrected chi connectivity index (χ1v) is 8.31. The Bertz CT molecular complexity index is 518. The van der Waals surface area contributed by atoms with Crippen molar-refractivity contribution in [2.24, 2.45) is 5.92 Å². The van der Waals surface area contributed by atoms with Crippen molar-refractivity contribution < 1.29 is 19.0 Å². The highest BCUT2D eigenvalue weighted by Crippen LogP contribution is 2.22. The molecule has 128 valence electrons. The van der Waals surface area contributed by atoms with Crippen molar-refractivity contribution in [1.29, 1.82) is 0 Å². The predicted molar refractivity (Wildman–Crippen MR) is 88.8 cm³/mol. The number of nitrogens with zero attached hydrogens (tertiary/aromatic N) is 1. The summed E-state index contributed by atoms with van der Waals surface area (Å²) in [5.41, 5.74) is 1.58. The van der Waals surface area contributed by atoms with Gasteiger partial charge in [-0.05, 0) is 37.5 Å². The molecule has 5 heteroatoms.